The van der Waals surface area contributed by atoms with E-state index in [4.69, 9.17) is 20.4 Å². The van der Waals surface area contributed by atoms with Gasteiger partial charge in [-0.2, -0.15) is 0 Å². The first kappa shape index (κ1) is 21.5. The number of ketones is 2. The maximum atomic E-state index is 11.0. The third-order valence-electron chi connectivity index (χ3n) is 1.66. The molecular weight excluding hydrogens is 226 g/mol. The number of aliphatic hydroxyl groups excluding tert-OH is 4. The van der Waals surface area contributed by atoms with Gasteiger partial charge in [0.1, 0.15) is 24.1 Å². The molecule has 8 heteroatoms. The van der Waals surface area contributed by atoms with Crippen LogP contribution in [0.1, 0.15) is 13.3 Å². The second kappa shape index (κ2) is 10.4. The fraction of sp³-hybridized carbons (Fsp3) is 0.750. The second-order valence-corrected chi connectivity index (χ2v) is 3.03. The van der Waals surface area contributed by atoms with Crippen LogP contribution in [0.4, 0.5) is 0 Å². The van der Waals surface area contributed by atoms with Gasteiger partial charge in [-0.05, 0) is 6.92 Å². The number of hydrogen-bond donors (Lipinski definition) is 4. The van der Waals surface area contributed by atoms with Gasteiger partial charge in [0.25, 0.3) is 0 Å². The number of carbonyl (C=O) groups excluding carboxylic acids is 2. The molecule has 0 unspecified atom stereocenters. The third kappa shape index (κ3) is 7.51. The van der Waals surface area contributed by atoms with E-state index in [-0.39, 0.29) is 38.0 Å². The maximum absolute atomic E-state index is 11.0. The molecule has 0 aromatic carbocycles. The molecule has 3 atom stereocenters. The Morgan fingerprint density at radius 1 is 1.19 bits per heavy atom. The Hall–Kier alpha value is 0.245. The van der Waals surface area contributed by atoms with Gasteiger partial charge >= 0.3 is 29.6 Å². The molecule has 0 aliphatic carbocycles. The largest absolute Gasteiger partial charge is 1.00 e. The van der Waals surface area contributed by atoms with E-state index in [1.807, 2.05) is 0 Å². The normalized spacial score (nSPS) is 15.1. The number of rotatable bonds is 6. The molecule has 90 valence electrons. The molecule has 0 aromatic heterocycles. The minimum Gasteiger partial charge on any atom is -0.394 e. The van der Waals surface area contributed by atoms with E-state index in [1.54, 1.807) is 0 Å². The standard InChI is InChI=1S/C8H14O6.BH4.Na/c1-4(10)2-5(11)7(13)8(14)6(12)3-9;;/h6-9,12-14H,2-3H2,1H3;1H4;/q;-1;+1/t6-,7+,8+;;/m1../s1. The van der Waals surface area contributed by atoms with Crippen LogP contribution >= 0.6 is 0 Å². The number of carbonyl (C=O) groups is 2. The van der Waals surface area contributed by atoms with Gasteiger partial charge in [0.2, 0.25) is 0 Å². The van der Waals surface area contributed by atoms with Gasteiger partial charge in [0, 0.05) is 0 Å². The zero-order valence-corrected chi connectivity index (χ0v) is 10.8. The van der Waals surface area contributed by atoms with E-state index in [2.05, 4.69) is 0 Å². The molecule has 0 saturated carbocycles. The number of hydrogen-bond acceptors (Lipinski definition) is 6. The molecule has 0 amide bonds. The van der Waals surface area contributed by atoms with Gasteiger partial charge in [-0.25, -0.2) is 0 Å². The first-order valence-corrected chi connectivity index (χ1v) is 4.07. The van der Waals surface area contributed by atoms with Crippen LogP contribution in [0.5, 0.6) is 0 Å². The van der Waals surface area contributed by atoms with Crippen molar-refractivity contribution in [3.8, 4) is 0 Å². The molecular formula is C8H18BNaO6. The monoisotopic (exact) mass is 244 g/mol. The van der Waals surface area contributed by atoms with E-state index in [0.29, 0.717) is 0 Å². The molecule has 16 heavy (non-hydrogen) atoms. The van der Waals surface area contributed by atoms with Crippen molar-refractivity contribution < 1.29 is 59.6 Å². The van der Waals surface area contributed by atoms with E-state index >= 15 is 0 Å². The smallest absolute Gasteiger partial charge is 0.394 e. The second-order valence-electron chi connectivity index (χ2n) is 3.03. The van der Waals surface area contributed by atoms with Crippen molar-refractivity contribution in [1.29, 1.82) is 0 Å². The van der Waals surface area contributed by atoms with E-state index in [9.17, 15) is 9.59 Å². The van der Waals surface area contributed by atoms with Crippen LogP contribution in [0, 0.1) is 0 Å². The molecule has 0 spiro atoms. The average molecular weight is 244 g/mol. The summed E-state index contributed by atoms with van der Waals surface area (Å²) in [5.41, 5.74) is 0. The minimum absolute atomic E-state index is 0. The third-order valence-corrected chi connectivity index (χ3v) is 1.66. The number of aliphatic hydroxyl groups is 4. The van der Waals surface area contributed by atoms with Crippen molar-refractivity contribution >= 4 is 20.0 Å². The summed E-state index contributed by atoms with van der Waals surface area (Å²) in [6.07, 6.45) is -5.72. The molecule has 0 aromatic rings. The van der Waals surface area contributed by atoms with Crippen molar-refractivity contribution in [2.75, 3.05) is 6.61 Å². The van der Waals surface area contributed by atoms with E-state index < -0.39 is 42.9 Å². The molecule has 0 aliphatic heterocycles. The first-order valence-electron chi connectivity index (χ1n) is 4.07. The van der Waals surface area contributed by atoms with Crippen LogP contribution in [-0.2, 0) is 9.59 Å². The van der Waals surface area contributed by atoms with E-state index in [1.165, 1.54) is 6.92 Å². The van der Waals surface area contributed by atoms with Crippen molar-refractivity contribution in [3.63, 3.8) is 0 Å². The fourth-order valence-electron chi connectivity index (χ4n) is 0.859. The predicted octanol–water partition coefficient (Wildman–Crippen LogP) is -6.84. The summed E-state index contributed by atoms with van der Waals surface area (Å²) >= 11 is 0. The van der Waals surface area contributed by atoms with Crippen molar-refractivity contribution in [2.24, 2.45) is 0 Å². The molecule has 4 N–H and O–H groups in total. The van der Waals surface area contributed by atoms with Gasteiger partial charge in [0.15, 0.2) is 5.78 Å². The Balaban J connectivity index is -0.000000845. The van der Waals surface area contributed by atoms with Crippen LogP contribution in [0.3, 0.4) is 0 Å². The summed E-state index contributed by atoms with van der Waals surface area (Å²) in [6.45, 7) is 0.394. The quantitative estimate of drug-likeness (QED) is 0.272. The van der Waals surface area contributed by atoms with Gasteiger partial charge in [0.05, 0.1) is 13.0 Å². The minimum atomic E-state index is -1.85. The summed E-state index contributed by atoms with van der Waals surface area (Å²) < 4.78 is 0. The van der Waals surface area contributed by atoms with Crippen LogP contribution in [-0.4, -0.2) is 65.3 Å². The summed E-state index contributed by atoms with van der Waals surface area (Å²) in [5, 5.41) is 35.5. The molecule has 0 fully saturated rings. The van der Waals surface area contributed by atoms with Gasteiger partial charge < -0.3 is 20.4 Å². The Bertz CT molecular complexity index is 225. The van der Waals surface area contributed by atoms with Crippen LogP contribution < -0.4 is 29.6 Å². The molecule has 0 aliphatic rings. The molecule has 0 bridgehead atoms. The number of Topliss-reactive ketones (excluding diaryl/α,β-unsaturated/α-hetero) is 2. The van der Waals surface area contributed by atoms with Crippen LogP contribution in [0.2, 0.25) is 0 Å². The topological polar surface area (TPSA) is 115 Å². The zero-order chi connectivity index (χ0) is 11.3. The summed E-state index contributed by atoms with van der Waals surface area (Å²) in [7, 11) is 0. The first-order chi connectivity index (χ1) is 6.40. The zero-order valence-electron chi connectivity index (χ0n) is 8.75. The SMILES string of the molecule is CC(=O)CC(=O)[C@H](O)[C@@H](O)[C@H](O)CO.[BH4-].[Na+]. The molecule has 0 heterocycles. The van der Waals surface area contributed by atoms with Gasteiger partial charge in [-0.1, -0.05) is 8.41 Å². The molecule has 0 rings (SSSR count). The van der Waals surface area contributed by atoms with Crippen LogP contribution in [0.25, 0.3) is 0 Å². The Kier molecular flexibility index (Phi) is 14.0. The van der Waals surface area contributed by atoms with Gasteiger partial charge in [-0.15, -0.1) is 0 Å². The average Bonchev–Trinajstić information content (AvgIpc) is 2.13. The van der Waals surface area contributed by atoms with Crippen LogP contribution in [0.15, 0.2) is 0 Å². The predicted molar refractivity (Wildman–Crippen MR) is 56.7 cm³/mol. The van der Waals surface area contributed by atoms with Crippen molar-refractivity contribution in [3.05, 3.63) is 0 Å². The Morgan fingerprint density at radius 3 is 1.94 bits per heavy atom. The summed E-state index contributed by atoms with van der Waals surface area (Å²) in [6, 6.07) is 0. The Morgan fingerprint density at radius 2 is 1.62 bits per heavy atom. The molecule has 0 radical (unpaired) electrons. The summed E-state index contributed by atoms with van der Waals surface area (Å²) in [4.78, 5) is 21.5. The maximum Gasteiger partial charge on any atom is 1.00 e. The fourth-order valence-corrected chi connectivity index (χ4v) is 0.859. The summed E-state index contributed by atoms with van der Waals surface area (Å²) in [5.74, 6) is -1.32. The van der Waals surface area contributed by atoms with Crippen molar-refractivity contribution in [2.45, 2.75) is 31.7 Å². The van der Waals surface area contributed by atoms with Gasteiger partial charge in [-0.3, -0.25) is 9.59 Å². The Labute approximate surface area is 118 Å². The molecule has 6 nitrogen and oxygen atoms in total. The molecule has 0 saturated heterocycles. The van der Waals surface area contributed by atoms with Crippen molar-refractivity contribution in [1.82, 2.24) is 0 Å². The van der Waals surface area contributed by atoms with E-state index in [0.717, 1.165) is 0 Å².